The Balaban J connectivity index is 1.55. The van der Waals surface area contributed by atoms with Crippen molar-refractivity contribution < 1.29 is 4.79 Å². The first-order valence-electron chi connectivity index (χ1n) is 7.92. The lowest BCUT2D eigenvalue weighted by Gasteiger charge is -2.00. The molecule has 0 saturated carbocycles. The molecule has 3 aromatic heterocycles. The number of aromatic nitrogens is 3. The van der Waals surface area contributed by atoms with Crippen molar-refractivity contribution in [2.75, 3.05) is 17.7 Å². The van der Waals surface area contributed by atoms with E-state index in [1.807, 2.05) is 31.2 Å². The first-order chi connectivity index (χ1) is 12.6. The SMILES string of the molecule is CNc1nccc(-c2ccc(C(=O)Nc3nc4ccc(C)cc4s3)s2)n1. The molecule has 0 atom stereocenters. The van der Waals surface area contributed by atoms with E-state index in [0.29, 0.717) is 16.0 Å². The number of nitrogens with one attached hydrogen (secondary N) is 2. The molecule has 0 unspecified atom stereocenters. The van der Waals surface area contributed by atoms with Crippen molar-refractivity contribution in [3.63, 3.8) is 0 Å². The monoisotopic (exact) mass is 381 g/mol. The second-order valence-corrected chi connectivity index (χ2v) is 7.74. The van der Waals surface area contributed by atoms with Crippen molar-refractivity contribution in [1.29, 1.82) is 0 Å². The van der Waals surface area contributed by atoms with Crippen LogP contribution in [-0.2, 0) is 0 Å². The summed E-state index contributed by atoms with van der Waals surface area (Å²) in [4.78, 5) is 27.0. The van der Waals surface area contributed by atoms with E-state index in [1.54, 1.807) is 19.3 Å². The number of fused-ring (bicyclic) bond motifs is 1. The van der Waals surface area contributed by atoms with E-state index in [-0.39, 0.29) is 5.91 Å². The first-order valence-corrected chi connectivity index (χ1v) is 9.55. The predicted molar refractivity (Wildman–Crippen MR) is 107 cm³/mol. The highest BCUT2D eigenvalue weighted by atomic mass is 32.1. The fourth-order valence-corrected chi connectivity index (χ4v) is 4.29. The van der Waals surface area contributed by atoms with Gasteiger partial charge >= 0.3 is 0 Å². The van der Waals surface area contributed by atoms with Gasteiger partial charge in [0.05, 0.1) is 25.7 Å². The van der Waals surface area contributed by atoms with Gasteiger partial charge in [0.15, 0.2) is 5.13 Å². The van der Waals surface area contributed by atoms with Crippen LogP contribution in [0.2, 0.25) is 0 Å². The van der Waals surface area contributed by atoms with Gasteiger partial charge in [-0.15, -0.1) is 11.3 Å². The maximum atomic E-state index is 12.5. The van der Waals surface area contributed by atoms with Crippen molar-refractivity contribution in [2.24, 2.45) is 0 Å². The van der Waals surface area contributed by atoms with Gasteiger partial charge in [-0.2, -0.15) is 0 Å². The highest BCUT2D eigenvalue weighted by Gasteiger charge is 2.14. The van der Waals surface area contributed by atoms with Gasteiger partial charge in [-0.3, -0.25) is 10.1 Å². The number of hydrogen-bond donors (Lipinski definition) is 2. The summed E-state index contributed by atoms with van der Waals surface area (Å²) in [6.07, 6.45) is 1.69. The Kier molecular flexibility index (Phi) is 4.36. The molecule has 26 heavy (non-hydrogen) atoms. The molecule has 4 rings (SSSR count). The van der Waals surface area contributed by atoms with Crippen LogP contribution in [0.4, 0.5) is 11.1 Å². The Morgan fingerprint density at radius 1 is 1.08 bits per heavy atom. The highest BCUT2D eigenvalue weighted by Crippen LogP contribution is 2.30. The molecule has 0 bridgehead atoms. The van der Waals surface area contributed by atoms with Gasteiger partial charge in [-0.05, 0) is 42.8 Å². The number of thiophene rings is 1. The molecule has 3 heterocycles. The summed E-state index contributed by atoms with van der Waals surface area (Å²) in [5, 5.41) is 6.40. The molecule has 4 aromatic rings. The van der Waals surface area contributed by atoms with Crippen molar-refractivity contribution >= 4 is 49.9 Å². The molecule has 0 spiro atoms. The maximum Gasteiger partial charge on any atom is 0.267 e. The third-order valence-electron chi connectivity index (χ3n) is 3.73. The Morgan fingerprint density at radius 3 is 2.81 bits per heavy atom. The summed E-state index contributed by atoms with van der Waals surface area (Å²) in [5.74, 6) is 0.381. The Morgan fingerprint density at radius 2 is 1.96 bits per heavy atom. The van der Waals surface area contributed by atoms with Crippen molar-refractivity contribution in [3.8, 4) is 10.6 Å². The molecule has 2 N–H and O–H groups in total. The number of amides is 1. The molecule has 8 heteroatoms. The summed E-state index contributed by atoms with van der Waals surface area (Å²) >= 11 is 2.86. The van der Waals surface area contributed by atoms with Crippen LogP contribution in [0.1, 0.15) is 15.2 Å². The largest absolute Gasteiger partial charge is 0.357 e. The van der Waals surface area contributed by atoms with E-state index in [1.165, 1.54) is 28.2 Å². The summed E-state index contributed by atoms with van der Waals surface area (Å²) in [6.45, 7) is 2.04. The van der Waals surface area contributed by atoms with Crippen LogP contribution in [0.25, 0.3) is 20.8 Å². The van der Waals surface area contributed by atoms with Crippen molar-refractivity contribution in [3.05, 3.63) is 53.0 Å². The van der Waals surface area contributed by atoms with Crippen LogP contribution in [0, 0.1) is 6.92 Å². The number of benzene rings is 1. The fraction of sp³-hybridized carbons (Fsp3) is 0.111. The number of nitrogens with zero attached hydrogens (tertiary/aromatic N) is 3. The number of rotatable bonds is 4. The quantitative estimate of drug-likeness (QED) is 0.547. The summed E-state index contributed by atoms with van der Waals surface area (Å²) in [5.41, 5.74) is 2.85. The van der Waals surface area contributed by atoms with E-state index < -0.39 is 0 Å². The molecule has 0 radical (unpaired) electrons. The topological polar surface area (TPSA) is 79.8 Å². The molecular weight excluding hydrogens is 366 g/mol. The molecule has 1 aromatic carbocycles. The number of anilines is 2. The number of carbonyl (C=O) groups excluding carboxylic acids is 1. The molecular formula is C18H15N5OS2. The minimum absolute atomic E-state index is 0.167. The van der Waals surface area contributed by atoms with Crippen molar-refractivity contribution in [1.82, 2.24) is 15.0 Å². The van der Waals surface area contributed by atoms with Gasteiger partial charge in [-0.25, -0.2) is 15.0 Å². The zero-order chi connectivity index (χ0) is 18.1. The van der Waals surface area contributed by atoms with Gasteiger partial charge < -0.3 is 5.32 Å². The summed E-state index contributed by atoms with van der Waals surface area (Å²) < 4.78 is 1.06. The minimum atomic E-state index is -0.167. The molecule has 130 valence electrons. The second kappa shape index (κ2) is 6.81. The van der Waals surface area contributed by atoms with Crippen LogP contribution < -0.4 is 10.6 Å². The number of carbonyl (C=O) groups is 1. The average Bonchev–Trinajstić information content (AvgIpc) is 3.28. The lowest BCUT2D eigenvalue weighted by Crippen LogP contribution is -2.09. The van der Waals surface area contributed by atoms with Gasteiger partial charge in [0, 0.05) is 13.2 Å². The zero-order valence-electron chi connectivity index (χ0n) is 14.1. The molecule has 0 saturated heterocycles. The highest BCUT2D eigenvalue weighted by molar-refractivity contribution is 7.22. The molecule has 0 aliphatic carbocycles. The van der Waals surface area contributed by atoms with Gasteiger partial charge in [-0.1, -0.05) is 17.4 Å². The normalized spacial score (nSPS) is 10.8. The lowest BCUT2D eigenvalue weighted by molar-refractivity contribution is 0.103. The smallest absolute Gasteiger partial charge is 0.267 e. The van der Waals surface area contributed by atoms with Crippen molar-refractivity contribution in [2.45, 2.75) is 6.92 Å². The summed E-state index contributed by atoms with van der Waals surface area (Å²) in [7, 11) is 1.77. The minimum Gasteiger partial charge on any atom is -0.357 e. The zero-order valence-corrected chi connectivity index (χ0v) is 15.7. The molecule has 0 aliphatic heterocycles. The predicted octanol–water partition coefficient (Wildman–Crippen LogP) is 4.42. The number of aryl methyl sites for hydroxylation is 1. The standard InChI is InChI=1S/C18H15N5OS2/c1-10-3-4-11-15(9-10)26-18(22-11)23-16(24)14-6-5-13(25-14)12-7-8-20-17(19-2)21-12/h3-9H,1-2H3,(H,19,20,21)(H,22,23,24). The van der Waals surface area contributed by atoms with Crippen LogP contribution in [0.15, 0.2) is 42.6 Å². The summed E-state index contributed by atoms with van der Waals surface area (Å²) in [6, 6.07) is 11.6. The maximum absolute atomic E-state index is 12.5. The van der Waals surface area contributed by atoms with E-state index in [0.717, 1.165) is 20.8 Å². The van der Waals surface area contributed by atoms with E-state index in [4.69, 9.17) is 0 Å². The average molecular weight is 381 g/mol. The van der Waals surface area contributed by atoms with Crippen LogP contribution in [-0.4, -0.2) is 27.9 Å². The van der Waals surface area contributed by atoms with Gasteiger partial charge in [0.1, 0.15) is 0 Å². The third kappa shape index (κ3) is 3.29. The Labute approximate surface area is 158 Å². The molecule has 1 amide bonds. The lowest BCUT2D eigenvalue weighted by atomic mass is 10.2. The van der Waals surface area contributed by atoms with Gasteiger partial charge in [0.25, 0.3) is 5.91 Å². The van der Waals surface area contributed by atoms with Crippen LogP contribution in [0.3, 0.4) is 0 Å². The number of hydrogen-bond acceptors (Lipinski definition) is 7. The number of thiazole rings is 1. The molecule has 6 nitrogen and oxygen atoms in total. The van der Waals surface area contributed by atoms with Crippen LogP contribution in [0.5, 0.6) is 0 Å². The fourth-order valence-electron chi connectivity index (χ4n) is 2.46. The second-order valence-electron chi connectivity index (χ2n) is 5.62. The molecule has 0 aliphatic rings. The van der Waals surface area contributed by atoms with E-state index >= 15 is 0 Å². The third-order valence-corrected chi connectivity index (χ3v) is 5.77. The van der Waals surface area contributed by atoms with Crippen LogP contribution >= 0.6 is 22.7 Å². The van der Waals surface area contributed by atoms with E-state index in [9.17, 15) is 4.79 Å². The van der Waals surface area contributed by atoms with E-state index in [2.05, 4.69) is 31.7 Å². The van der Waals surface area contributed by atoms with Gasteiger partial charge in [0.2, 0.25) is 5.95 Å². The Hall–Kier alpha value is -2.84. The first kappa shape index (κ1) is 16.6. The molecule has 0 fully saturated rings. The Bertz CT molecular complexity index is 1100.